The molecule has 1 heterocycles. The number of aromatic nitrogens is 1. The maximum atomic E-state index is 12.9. The number of benzene rings is 2. The molecule has 0 saturated heterocycles. The molecule has 27 heavy (non-hydrogen) atoms. The van der Waals surface area contributed by atoms with Crippen LogP contribution < -0.4 is 0 Å². The maximum Gasteiger partial charge on any atom is 0.146 e. The van der Waals surface area contributed by atoms with Crippen LogP contribution in [0.5, 0.6) is 0 Å². The molecule has 0 saturated carbocycles. The molecular formula is C22H19BrN2OS. The van der Waals surface area contributed by atoms with E-state index in [9.17, 15) is 9.47 Å². The first-order chi connectivity index (χ1) is 13.1. The van der Waals surface area contributed by atoms with Crippen molar-refractivity contribution < 1.29 is 4.21 Å². The first-order valence-corrected chi connectivity index (χ1v) is 10.9. The molecular weight excluding hydrogens is 420 g/mol. The van der Waals surface area contributed by atoms with Gasteiger partial charge in [-0.15, -0.1) is 0 Å². The molecule has 0 unspecified atom stereocenters. The maximum absolute atomic E-state index is 12.9. The van der Waals surface area contributed by atoms with Gasteiger partial charge in [-0.3, -0.25) is 4.21 Å². The van der Waals surface area contributed by atoms with Gasteiger partial charge in [0.1, 0.15) is 11.1 Å². The lowest BCUT2D eigenvalue weighted by Crippen LogP contribution is -2.06. The van der Waals surface area contributed by atoms with Gasteiger partial charge in [-0.2, -0.15) is 5.26 Å². The van der Waals surface area contributed by atoms with E-state index in [1.165, 1.54) is 0 Å². The van der Waals surface area contributed by atoms with E-state index in [0.717, 1.165) is 39.7 Å². The number of halogens is 1. The normalized spacial score (nSPS) is 11.7. The van der Waals surface area contributed by atoms with Crippen molar-refractivity contribution in [1.29, 1.82) is 5.26 Å². The van der Waals surface area contributed by atoms with Crippen LogP contribution in [0, 0.1) is 11.3 Å². The molecule has 0 aliphatic rings. The van der Waals surface area contributed by atoms with Gasteiger partial charge >= 0.3 is 0 Å². The predicted octanol–water partition coefficient (Wildman–Crippen LogP) is 5.96. The fraction of sp³-hybridized carbons (Fsp3) is 0.182. The molecule has 0 N–H and O–H groups in total. The SMILES string of the molecule is CCCC[S@@](=O)c1nc(-c2ccc(Br)cc2)cc(-c2ccccc2)c1C#N. The summed E-state index contributed by atoms with van der Waals surface area (Å²) < 4.78 is 13.9. The van der Waals surface area contributed by atoms with Crippen LogP contribution in [0.4, 0.5) is 0 Å². The Bertz CT molecular complexity index is 995. The minimum atomic E-state index is -1.31. The van der Waals surface area contributed by atoms with Gasteiger partial charge in [-0.25, -0.2) is 4.98 Å². The van der Waals surface area contributed by atoms with Crippen molar-refractivity contribution in [2.45, 2.75) is 24.8 Å². The second-order valence-corrected chi connectivity index (χ2v) is 8.52. The summed E-state index contributed by atoms with van der Waals surface area (Å²) in [5.74, 6) is 0.510. The molecule has 0 bridgehead atoms. The highest BCUT2D eigenvalue weighted by Crippen LogP contribution is 2.32. The van der Waals surface area contributed by atoms with Crippen molar-refractivity contribution in [2.24, 2.45) is 0 Å². The number of rotatable bonds is 6. The van der Waals surface area contributed by atoms with Crippen molar-refractivity contribution in [2.75, 3.05) is 5.75 Å². The molecule has 3 rings (SSSR count). The molecule has 0 fully saturated rings. The first kappa shape index (κ1) is 19.5. The van der Waals surface area contributed by atoms with Crippen molar-refractivity contribution in [1.82, 2.24) is 4.98 Å². The molecule has 2 aromatic carbocycles. The molecule has 5 heteroatoms. The Morgan fingerprint density at radius 3 is 2.41 bits per heavy atom. The summed E-state index contributed by atoms with van der Waals surface area (Å²) in [5.41, 5.74) is 3.74. The van der Waals surface area contributed by atoms with Crippen LogP contribution >= 0.6 is 15.9 Å². The summed E-state index contributed by atoms with van der Waals surface area (Å²) in [5, 5.41) is 10.2. The summed E-state index contributed by atoms with van der Waals surface area (Å²) in [6.07, 6.45) is 1.79. The Balaban J connectivity index is 2.22. The molecule has 3 aromatic rings. The minimum absolute atomic E-state index is 0.380. The lowest BCUT2D eigenvalue weighted by atomic mass is 9.99. The van der Waals surface area contributed by atoms with Gasteiger partial charge in [0, 0.05) is 21.4 Å². The molecule has 0 radical (unpaired) electrons. The van der Waals surface area contributed by atoms with Crippen LogP contribution in [-0.4, -0.2) is 14.9 Å². The lowest BCUT2D eigenvalue weighted by molar-refractivity contribution is 0.676. The predicted molar refractivity (Wildman–Crippen MR) is 114 cm³/mol. The van der Waals surface area contributed by atoms with Crippen molar-refractivity contribution in [3.8, 4) is 28.5 Å². The van der Waals surface area contributed by atoms with Crippen LogP contribution in [0.3, 0.4) is 0 Å². The summed E-state index contributed by atoms with van der Waals surface area (Å²) in [4.78, 5) is 4.64. The Kier molecular flexibility index (Phi) is 6.54. The molecule has 3 nitrogen and oxygen atoms in total. The van der Waals surface area contributed by atoms with Crippen LogP contribution in [0.2, 0.25) is 0 Å². The van der Waals surface area contributed by atoms with Gasteiger partial charge in [0.05, 0.1) is 22.1 Å². The van der Waals surface area contributed by atoms with E-state index in [4.69, 9.17) is 0 Å². The second-order valence-electron chi connectivity index (χ2n) is 6.12. The van der Waals surface area contributed by atoms with Crippen molar-refractivity contribution in [3.63, 3.8) is 0 Å². The van der Waals surface area contributed by atoms with Crippen molar-refractivity contribution in [3.05, 3.63) is 70.7 Å². The minimum Gasteiger partial charge on any atom is -0.253 e. The van der Waals surface area contributed by atoms with Gasteiger partial charge in [-0.1, -0.05) is 71.7 Å². The highest BCUT2D eigenvalue weighted by molar-refractivity contribution is 9.10. The molecule has 1 atom stereocenters. The average Bonchev–Trinajstić information content (AvgIpc) is 2.72. The van der Waals surface area contributed by atoms with Crippen LogP contribution in [0.15, 0.2) is 70.2 Å². The zero-order chi connectivity index (χ0) is 19.2. The van der Waals surface area contributed by atoms with E-state index in [1.54, 1.807) is 0 Å². The summed E-state index contributed by atoms with van der Waals surface area (Å²) in [7, 11) is -1.31. The zero-order valence-corrected chi connectivity index (χ0v) is 17.4. The van der Waals surface area contributed by atoms with E-state index < -0.39 is 10.8 Å². The smallest absolute Gasteiger partial charge is 0.146 e. The lowest BCUT2D eigenvalue weighted by Gasteiger charge is -2.12. The number of nitriles is 1. The summed E-state index contributed by atoms with van der Waals surface area (Å²) in [6, 6.07) is 21.7. The van der Waals surface area contributed by atoms with Gasteiger partial charge in [0.2, 0.25) is 0 Å². The Morgan fingerprint density at radius 2 is 1.78 bits per heavy atom. The number of pyridine rings is 1. The number of hydrogen-bond donors (Lipinski definition) is 0. The molecule has 1 aromatic heterocycles. The highest BCUT2D eigenvalue weighted by atomic mass is 79.9. The monoisotopic (exact) mass is 438 g/mol. The number of unbranched alkanes of at least 4 members (excludes halogenated alkanes) is 1. The fourth-order valence-corrected chi connectivity index (χ4v) is 4.37. The van der Waals surface area contributed by atoms with Gasteiger partial charge < -0.3 is 0 Å². The third-order valence-corrected chi connectivity index (χ3v) is 6.14. The summed E-state index contributed by atoms with van der Waals surface area (Å²) in [6.45, 7) is 2.06. The Hall–Kier alpha value is -2.29. The molecule has 0 aliphatic heterocycles. The standard InChI is InChI=1S/C22H19BrN2OS/c1-2-3-13-27(26)22-20(15-24)19(16-7-5-4-6-8-16)14-21(25-22)17-9-11-18(23)12-10-17/h4-12,14H,2-3,13H2,1H3/t27-/m1/s1. The molecule has 0 aliphatic carbocycles. The van der Waals surface area contributed by atoms with Crippen LogP contribution in [-0.2, 0) is 10.8 Å². The average molecular weight is 439 g/mol. The van der Waals surface area contributed by atoms with Gasteiger partial charge in [-0.05, 0) is 30.2 Å². The second kappa shape index (κ2) is 9.07. The van der Waals surface area contributed by atoms with Crippen LogP contribution in [0.25, 0.3) is 22.4 Å². The van der Waals surface area contributed by atoms with Crippen LogP contribution in [0.1, 0.15) is 25.3 Å². The van der Waals surface area contributed by atoms with Gasteiger partial charge in [0.15, 0.2) is 0 Å². The number of hydrogen-bond acceptors (Lipinski definition) is 3. The Morgan fingerprint density at radius 1 is 1.07 bits per heavy atom. The van der Waals surface area contributed by atoms with E-state index in [0.29, 0.717) is 16.3 Å². The third-order valence-electron chi connectivity index (χ3n) is 4.22. The van der Waals surface area contributed by atoms with E-state index in [-0.39, 0.29) is 0 Å². The topological polar surface area (TPSA) is 53.8 Å². The highest BCUT2D eigenvalue weighted by Gasteiger charge is 2.19. The molecule has 0 spiro atoms. The number of nitrogens with zero attached hydrogens (tertiary/aromatic N) is 2. The molecule has 136 valence electrons. The van der Waals surface area contributed by atoms with Crippen molar-refractivity contribution >= 4 is 26.7 Å². The van der Waals surface area contributed by atoms with E-state index >= 15 is 0 Å². The first-order valence-electron chi connectivity index (χ1n) is 8.79. The quantitative estimate of drug-likeness (QED) is 0.476. The Labute approximate surface area is 170 Å². The fourth-order valence-electron chi connectivity index (χ4n) is 2.78. The molecule has 0 amide bonds. The zero-order valence-electron chi connectivity index (χ0n) is 15.0. The van der Waals surface area contributed by atoms with E-state index in [1.807, 2.05) is 60.7 Å². The summed E-state index contributed by atoms with van der Waals surface area (Å²) >= 11 is 3.45. The van der Waals surface area contributed by atoms with Gasteiger partial charge in [0.25, 0.3) is 0 Å². The van der Waals surface area contributed by atoms with E-state index in [2.05, 4.69) is 33.9 Å². The third kappa shape index (κ3) is 4.52. The largest absolute Gasteiger partial charge is 0.253 e.